The predicted octanol–water partition coefficient (Wildman–Crippen LogP) is 1.70. The molecule has 0 spiro atoms. The summed E-state index contributed by atoms with van der Waals surface area (Å²) >= 11 is 0. The summed E-state index contributed by atoms with van der Waals surface area (Å²) < 4.78 is 0. The summed E-state index contributed by atoms with van der Waals surface area (Å²) in [4.78, 5) is 11.4. The molecule has 13 heavy (non-hydrogen) atoms. The molecular formula is C11H17NO. The van der Waals surface area contributed by atoms with Crippen molar-refractivity contribution in [3.63, 3.8) is 0 Å². The first-order valence-corrected chi connectivity index (χ1v) is 4.99. The Balaban J connectivity index is 2.19. The maximum atomic E-state index is 11.4. The van der Waals surface area contributed by atoms with E-state index in [4.69, 9.17) is 6.42 Å². The number of amides is 1. The van der Waals surface area contributed by atoms with E-state index in [1.165, 1.54) is 12.8 Å². The highest BCUT2D eigenvalue weighted by atomic mass is 16.1. The van der Waals surface area contributed by atoms with Gasteiger partial charge in [-0.25, -0.2) is 0 Å². The van der Waals surface area contributed by atoms with E-state index in [9.17, 15) is 4.79 Å². The summed E-state index contributed by atoms with van der Waals surface area (Å²) in [7, 11) is 0. The summed E-state index contributed by atoms with van der Waals surface area (Å²) in [6, 6.07) is 0.177. The second kappa shape index (κ2) is 4.91. The monoisotopic (exact) mass is 179 g/mol. The lowest BCUT2D eigenvalue weighted by Gasteiger charge is -2.13. The van der Waals surface area contributed by atoms with Gasteiger partial charge in [-0.2, -0.15) is 0 Å². The molecule has 0 heterocycles. The molecule has 72 valence electrons. The fourth-order valence-electron chi connectivity index (χ4n) is 1.31. The van der Waals surface area contributed by atoms with Gasteiger partial charge in [0.1, 0.15) is 0 Å². The van der Waals surface area contributed by atoms with Crippen LogP contribution in [0, 0.1) is 18.3 Å². The quantitative estimate of drug-likeness (QED) is 0.639. The molecule has 1 amide bonds. The molecule has 0 saturated heterocycles. The van der Waals surface area contributed by atoms with Crippen LogP contribution in [-0.4, -0.2) is 11.9 Å². The molecule has 1 fully saturated rings. The molecule has 2 heteroatoms. The van der Waals surface area contributed by atoms with Crippen molar-refractivity contribution >= 4 is 5.91 Å². The Morgan fingerprint density at radius 1 is 1.69 bits per heavy atom. The largest absolute Gasteiger partial charge is 0.352 e. The van der Waals surface area contributed by atoms with E-state index >= 15 is 0 Å². The molecule has 2 nitrogen and oxygen atoms in total. The first-order valence-electron chi connectivity index (χ1n) is 4.99. The minimum atomic E-state index is 0.171. The van der Waals surface area contributed by atoms with E-state index < -0.39 is 0 Å². The van der Waals surface area contributed by atoms with E-state index in [1.807, 2.05) is 6.92 Å². The van der Waals surface area contributed by atoms with Crippen LogP contribution in [0.15, 0.2) is 0 Å². The van der Waals surface area contributed by atoms with Crippen molar-refractivity contribution in [1.29, 1.82) is 0 Å². The number of rotatable bonds is 5. The SMILES string of the molecule is C#CCC(CC)NC(=O)CC1CC1. The zero-order chi connectivity index (χ0) is 9.68. The average Bonchev–Trinajstić information content (AvgIpc) is 2.87. The molecular weight excluding hydrogens is 162 g/mol. The van der Waals surface area contributed by atoms with Crippen molar-refractivity contribution in [3.05, 3.63) is 0 Å². The third-order valence-corrected chi connectivity index (χ3v) is 2.39. The molecule has 0 aromatic heterocycles. The lowest BCUT2D eigenvalue weighted by atomic mass is 10.1. The first-order chi connectivity index (χ1) is 6.26. The molecule has 0 radical (unpaired) electrons. The molecule has 0 aliphatic heterocycles. The number of nitrogens with one attached hydrogen (secondary N) is 1. The minimum absolute atomic E-state index is 0.171. The molecule has 0 aromatic rings. The van der Waals surface area contributed by atoms with Gasteiger partial charge in [0.25, 0.3) is 0 Å². The highest BCUT2D eigenvalue weighted by molar-refractivity contribution is 5.76. The second-order valence-corrected chi connectivity index (χ2v) is 3.73. The van der Waals surface area contributed by atoms with Crippen molar-refractivity contribution in [3.8, 4) is 12.3 Å². The van der Waals surface area contributed by atoms with Crippen LogP contribution < -0.4 is 5.32 Å². The Kier molecular flexibility index (Phi) is 3.82. The highest BCUT2D eigenvalue weighted by Gasteiger charge is 2.24. The first kappa shape index (κ1) is 10.1. The van der Waals surface area contributed by atoms with Gasteiger partial charge in [0, 0.05) is 18.9 Å². The van der Waals surface area contributed by atoms with Crippen molar-refractivity contribution in [2.75, 3.05) is 0 Å². The Labute approximate surface area is 80.1 Å². The summed E-state index contributed by atoms with van der Waals surface area (Å²) in [5.41, 5.74) is 0. The third-order valence-electron chi connectivity index (χ3n) is 2.39. The third kappa shape index (κ3) is 3.98. The molecule has 1 atom stereocenters. The van der Waals surface area contributed by atoms with Crippen LogP contribution in [-0.2, 0) is 4.79 Å². The minimum Gasteiger partial charge on any atom is -0.352 e. The summed E-state index contributed by atoms with van der Waals surface area (Å²) in [6.07, 6.45) is 9.89. The Bertz CT molecular complexity index is 213. The maximum absolute atomic E-state index is 11.4. The molecule has 0 aromatic carbocycles. The van der Waals surface area contributed by atoms with Crippen LogP contribution in [0.25, 0.3) is 0 Å². The summed E-state index contributed by atoms with van der Waals surface area (Å²) in [6.45, 7) is 2.04. The Hall–Kier alpha value is -0.970. The summed E-state index contributed by atoms with van der Waals surface area (Å²) in [5.74, 6) is 3.41. The number of hydrogen-bond donors (Lipinski definition) is 1. The number of terminal acetylenes is 1. The molecule has 1 aliphatic rings. The van der Waals surface area contributed by atoms with Crippen LogP contribution in [0.4, 0.5) is 0 Å². The van der Waals surface area contributed by atoms with Crippen LogP contribution >= 0.6 is 0 Å². The standard InChI is InChI=1S/C11H17NO/c1-3-5-10(4-2)12-11(13)8-9-6-7-9/h1,9-10H,4-8H2,2H3,(H,12,13). The molecule has 1 saturated carbocycles. The van der Waals surface area contributed by atoms with Gasteiger partial charge in [-0.1, -0.05) is 6.92 Å². The summed E-state index contributed by atoms with van der Waals surface area (Å²) in [5, 5.41) is 2.96. The van der Waals surface area contributed by atoms with Gasteiger partial charge in [0.05, 0.1) is 0 Å². The van der Waals surface area contributed by atoms with Gasteiger partial charge in [-0.15, -0.1) is 12.3 Å². The van der Waals surface area contributed by atoms with Crippen molar-refractivity contribution in [2.45, 2.75) is 45.1 Å². The number of carbonyl (C=O) groups excluding carboxylic acids is 1. The lowest BCUT2D eigenvalue weighted by Crippen LogP contribution is -2.34. The van der Waals surface area contributed by atoms with E-state index in [1.54, 1.807) is 0 Å². The van der Waals surface area contributed by atoms with Gasteiger partial charge >= 0.3 is 0 Å². The maximum Gasteiger partial charge on any atom is 0.220 e. The van der Waals surface area contributed by atoms with E-state index in [2.05, 4.69) is 11.2 Å². The normalized spacial score (nSPS) is 17.5. The Morgan fingerprint density at radius 3 is 2.85 bits per heavy atom. The average molecular weight is 179 g/mol. The van der Waals surface area contributed by atoms with E-state index in [0.717, 1.165) is 6.42 Å². The van der Waals surface area contributed by atoms with Gasteiger partial charge in [0.15, 0.2) is 0 Å². The zero-order valence-electron chi connectivity index (χ0n) is 8.18. The van der Waals surface area contributed by atoms with Crippen LogP contribution in [0.3, 0.4) is 0 Å². The van der Waals surface area contributed by atoms with Crippen LogP contribution in [0.1, 0.15) is 39.0 Å². The number of carbonyl (C=O) groups is 1. The Morgan fingerprint density at radius 2 is 2.38 bits per heavy atom. The molecule has 1 aliphatic carbocycles. The van der Waals surface area contributed by atoms with Gasteiger partial charge in [-0.05, 0) is 25.2 Å². The topological polar surface area (TPSA) is 29.1 Å². The second-order valence-electron chi connectivity index (χ2n) is 3.73. The molecule has 1 N–H and O–H groups in total. The number of hydrogen-bond acceptors (Lipinski definition) is 1. The predicted molar refractivity (Wildman–Crippen MR) is 53.0 cm³/mol. The molecule has 0 bridgehead atoms. The smallest absolute Gasteiger partial charge is 0.220 e. The highest BCUT2D eigenvalue weighted by Crippen LogP contribution is 2.32. The van der Waals surface area contributed by atoms with Crippen LogP contribution in [0.2, 0.25) is 0 Å². The van der Waals surface area contributed by atoms with Gasteiger partial charge < -0.3 is 5.32 Å². The fraction of sp³-hybridized carbons (Fsp3) is 0.727. The van der Waals surface area contributed by atoms with Crippen molar-refractivity contribution in [1.82, 2.24) is 5.32 Å². The molecule has 1 unspecified atom stereocenters. The fourth-order valence-corrected chi connectivity index (χ4v) is 1.31. The van der Waals surface area contributed by atoms with Crippen molar-refractivity contribution < 1.29 is 4.79 Å². The van der Waals surface area contributed by atoms with Gasteiger partial charge in [-0.3, -0.25) is 4.79 Å². The lowest BCUT2D eigenvalue weighted by molar-refractivity contribution is -0.122. The zero-order valence-corrected chi connectivity index (χ0v) is 8.18. The van der Waals surface area contributed by atoms with Crippen LogP contribution in [0.5, 0.6) is 0 Å². The van der Waals surface area contributed by atoms with Gasteiger partial charge in [0.2, 0.25) is 5.91 Å². The van der Waals surface area contributed by atoms with Crippen molar-refractivity contribution in [2.24, 2.45) is 5.92 Å². The van der Waals surface area contributed by atoms with E-state index in [0.29, 0.717) is 18.8 Å². The molecule has 1 rings (SSSR count). The van der Waals surface area contributed by atoms with E-state index in [-0.39, 0.29) is 11.9 Å².